The Bertz CT molecular complexity index is 951. The summed E-state index contributed by atoms with van der Waals surface area (Å²) in [5.41, 5.74) is 3.01. The fourth-order valence-electron chi connectivity index (χ4n) is 2.99. The van der Waals surface area contributed by atoms with Crippen molar-refractivity contribution in [3.63, 3.8) is 0 Å². The zero-order chi connectivity index (χ0) is 19.5. The number of aromatic nitrogens is 4. The van der Waals surface area contributed by atoms with Crippen molar-refractivity contribution < 1.29 is 4.79 Å². The molecular weight excluding hydrogens is 370 g/mol. The Hall–Kier alpha value is -2.67. The fourth-order valence-corrected chi connectivity index (χ4v) is 3.91. The number of benzene rings is 1. The minimum atomic E-state index is -0.283. The molecule has 0 bridgehead atoms. The van der Waals surface area contributed by atoms with Gasteiger partial charge in [-0.05, 0) is 56.0 Å². The lowest BCUT2D eigenvalue weighted by molar-refractivity contribution is -0.115. The van der Waals surface area contributed by atoms with Crippen LogP contribution in [0.25, 0.3) is 11.4 Å². The molecule has 1 amide bonds. The Morgan fingerprint density at radius 2 is 2.04 bits per heavy atom. The zero-order valence-electron chi connectivity index (χ0n) is 16.0. The molecule has 3 aromatic rings. The Balaban J connectivity index is 1.49. The average molecular weight is 394 g/mol. The molecule has 144 valence electrons. The molecule has 4 rings (SSSR count). The van der Waals surface area contributed by atoms with Gasteiger partial charge in [0.25, 0.3) is 0 Å². The van der Waals surface area contributed by atoms with Gasteiger partial charge >= 0.3 is 0 Å². The highest BCUT2D eigenvalue weighted by Gasteiger charge is 2.31. The molecule has 1 aliphatic rings. The monoisotopic (exact) mass is 393 g/mol. The Morgan fingerprint density at radius 1 is 1.25 bits per heavy atom. The smallest absolute Gasteiger partial charge is 0.237 e. The third-order valence-corrected chi connectivity index (χ3v) is 5.83. The molecule has 1 aliphatic carbocycles. The molecule has 1 saturated carbocycles. The number of nitrogens with one attached hydrogen (secondary N) is 1. The minimum Gasteiger partial charge on any atom is -0.325 e. The molecule has 0 aliphatic heterocycles. The van der Waals surface area contributed by atoms with Crippen LogP contribution in [0.2, 0.25) is 0 Å². The second-order valence-electron chi connectivity index (χ2n) is 6.95. The molecule has 1 N–H and O–H groups in total. The molecule has 2 aromatic heterocycles. The predicted molar refractivity (Wildman–Crippen MR) is 111 cm³/mol. The Kier molecular flexibility index (Phi) is 5.43. The van der Waals surface area contributed by atoms with E-state index in [0.29, 0.717) is 6.04 Å². The van der Waals surface area contributed by atoms with Crippen molar-refractivity contribution in [3.8, 4) is 11.4 Å². The number of hydrogen-bond acceptors (Lipinski definition) is 5. The van der Waals surface area contributed by atoms with Crippen molar-refractivity contribution in [2.75, 3.05) is 5.32 Å². The standard InChI is InChI=1S/C21H23N5OS/c1-3-15-6-8-17(9-7-15)23-20(27)14(2)28-21-25-24-19(26(21)18-10-11-18)16-5-4-12-22-13-16/h4-9,12-14,18H,3,10-11H2,1-2H3,(H,23,27)/t14-/m0/s1. The van der Waals surface area contributed by atoms with E-state index < -0.39 is 0 Å². The first-order chi connectivity index (χ1) is 13.7. The number of carbonyl (C=O) groups is 1. The summed E-state index contributed by atoms with van der Waals surface area (Å²) in [6, 6.07) is 12.3. The quantitative estimate of drug-likeness (QED) is 0.604. The summed E-state index contributed by atoms with van der Waals surface area (Å²) in [5, 5.41) is 12.2. The summed E-state index contributed by atoms with van der Waals surface area (Å²) in [6.45, 7) is 4.01. The summed E-state index contributed by atoms with van der Waals surface area (Å²) < 4.78 is 2.15. The molecule has 28 heavy (non-hydrogen) atoms. The number of carbonyl (C=O) groups excluding carboxylic acids is 1. The first kappa shape index (κ1) is 18.7. The maximum atomic E-state index is 12.6. The lowest BCUT2D eigenvalue weighted by Gasteiger charge is -2.13. The molecule has 0 radical (unpaired) electrons. The van der Waals surface area contributed by atoms with Gasteiger partial charge in [-0.15, -0.1) is 10.2 Å². The molecule has 7 heteroatoms. The van der Waals surface area contributed by atoms with Gasteiger partial charge in [0, 0.05) is 29.7 Å². The van der Waals surface area contributed by atoms with Crippen LogP contribution >= 0.6 is 11.8 Å². The summed E-state index contributed by atoms with van der Waals surface area (Å²) in [4.78, 5) is 16.8. The highest BCUT2D eigenvalue weighted by atomic mass is 32.2. The first-order valence-corrected chi connectivity index (χ1v) is 10.5. The number of anilines is 1. The molecule has 1 fully saturated rings. The Morgan fingerprint density at radius 3 is 2.68 bits per heavy atom. The van der Waals surface area contributed by atoms with Crippen molar-refractivity contribution in [2.45, 2.75) is 49.6 Å². The van der Waals surface area contributed by atoms with Crippen molar-refractivity contribution in [2.24, 2.45) is 0 Å². The van der Waals surface area contributed by atoms with Crippen LogP contribution in [0.3, 0.4) is 0 Å². The van der Waals surface area contributed by atoms with Crippen LogP contribution in [-0.2, 0) is 11.2 Å². The van der Waals surface area contributed by atoms with E-state index in [4.69, 9.17) is 0 Å². The molecule has 1 atom stereocenters. The van der Waals surface area contributed by atoms with Gasteiger partial charge in [0.15, 0.2) is 11.0 Å². The lowest BCUT2D eigenvalue weighted by Crippen LogP contribution is -2.23. The normalized spacial score (nSPS) is 14.6. The Labute approximate surface area is 168 Å². The van der Waals surface area contributed by atoms with Crippen molar-refractivity contribution in [1.29, 1.82) is 0 Å². The van der Waals surface area contributed by atoms with Crippen molar-refractivity contribution in [1.82, 2.24) is 19.7 Å². The van der Waals surface area contributed by atoms with Crippen LogP contribution in [0.1, 0.15) is 38.3 Å². The van der Waals surface area contributed by atoms with Crippen molar-refractivity contribution >= 4 is 23.4 Å². The van der Waals surface area contributed by atoms with Crippen LogP contribution in [0.5, 0.6) is 0 Å². The van der Waals surface area contributed by atoms with Crippen LogP contribution in [-0.4, -0.2) is 30.9 Å². The number of thioether (sulfide) groups is 1. The van der Waals surface area contributed by atoms with Gasteiger partial charge in [-0.25, -0.2) is 0 Å². The number of hydrogen-bond donors (Lipinski definition) is 1. The maximum Gasteiger partial charge on any atom is 0.237 e. The van der Waals surface area contributed by atoms with Gasteiger partial charge in [0.2, 0.25) is 5.91 Å². The fraction of sp³-hybridized carbons (Fsp3) is 0.333. The van der Waals surface area contributed by atoms with Crippen LogP contribution in [0.4, 0.5) is 5.69 Å². The summed E-state index contributed by atoms with van der Waals surface area (Å²) in [5.74, 6) is 0.781. The van der Waals surface area contributed by atoms with E-state index in [9.17, 15) is 4.79 Å². The van der Waals surface area contributed by atoms with E-state index in [1.165, 1.54) is 17.3 Å². The third-order valence-electron chi connectivity index (χ3n) is 4.78. The summed E-state index contributed by atoms with van der Waals surface area (Å²) >= 11 is 1.45. The molecule has 0 unspecified atom stereocenters. The molecular formula is C21H23N5OS. The third kappa shape index (κ3) is 4.09. The average Bonchev–Trinajstić information content (AvgIpc) is 3.49. The second kappa shape index (κ2) is 8.14. The topological polar surface area (TPSA) is 72.7 Å². The molecule has 6 nitrogen and oxygen atoms in total. The lowest BCUT2D eigenvalue weighted by atomic mass is 10.1. The predicted octanol–water partition coefficient (Wildman–Crippen LogP) is 4.36. The summed E-state index contributed by atoms with van der Waals surface area (Å²) in [7, 11) is 0. The number of nitrogens with zero attached hydrogens (tertiary/aromatic N) is 4. The molecule has 2 heterocycles. The van der Waals surface area contributed by atoms with Crippen LogP contribution in [0.15, 0.2) is 53.9 Å². The van der Waals surface area contributed by atoms with Gasteiger partial charge in [0.1, 0.15) is 0 Å². The minimum absolute atomic E-state index is 0.0393. The van der Waals surface area contributed by atoms with Crippen molar-refractivity contribution in [3.05, 3.63) is 54.4 Å². The summed E-state index contributed by atoms with van der Waals surface area (Å²) in [6.07, 6.45) is 6.76. The SMILES string of the molecule is CCc1ccc(NC(=O)[C@H](C)Sc2nnc(-c3cccnc3)n2C2CC2)cc1. The zero-order valence-corrected chi connectivity index (χ0v) is 16.8. The largest absolute Gasteiger partial charge is 0.325 e. The van der Waals surface area contributed by atoms with Crippen LogP contribution < -0.4 is 5.32 Å². The van der Waals surface area contributed by atoms with Gasteiger partial charge in [-0.3, -0.25) is 14.3 Å². The van der Waals surface area contributed by atoms with E-state index in [2.05, 4.69) is 32.0 Å². The van der Waals surface area contributed by atoms with E-state index in [1.807, 2.05) is 43.3 Å². The van der Waals surface area contributed by atoms with Gasteiger partial charge in [-0.2, -0.15) is 0 Å². The maximum absolute atomic E-state index is 12.6. The molecule has 0 saturated heterocycles. The van der Waals surface area contributed by atoms with E-state index in [-0.39, 0.29) is 11.2 Å². The highest BCUT2D eigenvalue weighted by Crippen LogP contribution is 2.41. The highest BCUT2D eigenvalue weighted by molar-refractivity contribution is 8.00. The number of rotatable bonds is 7. The van der Waals surface area contributed by atoms with Gasteiger partial charge < -0.3 is 5.32 Å². The second-order valence-corrected chi connectivity index (χ2v) is 8.26. The van der Waals surface area contributed by atoms with Crippen LogP contribution in [0, 0.1) is 0 Å². The molecule has 1 aromatic carbocycles. The van der Waals surface area contributed by atoms with E-state index in [1.54, 1.807) is 12.4 Å². The van der Waals surface area contributed by atoms with E-state index in [0.717, 1.165) is 41.5 Å². The van der Waals surface area contributed by atoms with Gasteiger partial charge in [-0.1, -0.05) is 30.8 Å². The first-order valence-electron chi connectivity index (χ1n) is 9.57. The van der Waals surface area contributed by atoms with E-state index >= 15 is 0 Å². The van der Waals surface area contributed by atoms with Gasteiger partial charge in [0.05, 0.1) is 5.25 Å². The number of pyridine rings is 1. The molecule has 0 spiro atoms. The number of amides is 1. The number of aryl methyl sites for hydroxylation is 1.